The van der Waals surface area contributed by atoms with Crippen molar-refractivity contribution in [1.82, 2.24) is 4.90 Å². The second-order valence-corrected chi connectivity index (χ2v) is 5.72. The summed E-state index contributed by atoms with van der Waals surface area (Å²) in [5.41, 5.74) is -0.958. The summed E-state index contributed by atoms with van der Waals surface area (Å²) in [7, 11) is 0. The Morgan fingerprint density at radius 3 is 2.58 bits per heavy atom. The number of aliphatic carboxylic acids is 1. The van der Waals surface area contributed by atoms with E-state index in [1.807, 2.05) is 6.92 Å². The molecule has 4 heteroatoms. The molecule has 1 fully saturated rings. The second kappa shape index (κ2) is 7.51. The van der Waals surface area contributed by atoms with Crippen LogP contribution in [0.2, 0.25) is 0 Å². The Balaban J connectivity index is 2.87. The van der Waals surface area contributed by atoms with Crippen LogP contribution in [0.5, 0.6) is 0 Å². The van der Waals surface area contributed by atoms with Gasteiger partial charge in [0.15, 0.2) is 0 Å². The van der Waals surface area contributed by atoms with Crippen LogP contribution in [0.1, 0.15) is 65.2 Å². The predicted octanol–water partition coefficient (Wildman–Crippen LogP) is 3.06. The average Bonchev–Trinajstić information content (AvgIpc) is 2.60. The first-order valence-corrected chi connectivity index (χ1v) is 7.56. The fourth-order valence-corrected chi connectivity index (χ4v) is 3.32. The number of hydrogen-bond donors (Lipinski definition) is 1. The zero-order valence-corrected chi connectivity index (χ0v) is 12.2. The van der Waals surface area contributed by atoms with Gasteiger partial charge in [-0.2, -0.15) is 0 Å². The van der Waals surface area contributed by atoms with E-state index in [9.17, 15) is 14.7 Å². The van der Waals surface area contributed by atoms with Gasteiger partial charge in [0.05, 0.1) is 0 Å². The van der Waals surface area contributed by atoms with E-state index in [0.717, 1.165) is 38.5 Å². The van der Waals surface area contributed by atoms with Crippen molar-refractivity contribution in [2.75, 3.05) is 6.54 Å². The zero-order valence-electron chi connectivity index (χ0n) is 12.2. The molecule has 0 spiro atoms. The van der Waals surface area contributed by atoms with Gasteiger partial charge in [-0.25, -0.2) is 4.79 Å². The third-order valence-corrected chi connectivity index (χ3v) is 4.41. The molecule has 110 valence electrons. The molecule has 19 heavy (non-hydrogen) atoms. The van der Waals surface area contributed by atoms with Crippen LogP contribution in [0.4, 0.5) is 0 Å². The number of carboxylic acid groups (broad SMARTS) is 1. The molecule has 1 aliphatic carbocycles. The summed E-state index contributed by atoms with van der Waals surface area (Å²) in [5, 5.41) is 9.66. The normalized spacial score (nSPS) is 27.6. The number of nitrogens with zero attached hydrogens (tertiary/aromatic N) is 1. The number of amides is 1. The molecule has 0 saturated heterocycles. The maximum atomic E-state index is 11.8. The van der Waals surface area contributed by atoms with Gasteiger partial charge >= 0.3 is 5.97 Å². The van der Waals surface area contributed by atoms with Crippen molar-refractivity contribution in [3.8, 4) is 0 Å². The molecule has 1 amide bonds. The lowest BCUT2D eigenvalue weighted by Crippen LogP contribution is -2.54. The zero-order chi connectivity index (χ0) is 14.3. The summed E-state index contributed by atoms with van der Waals surface area (Å²) in [6, 6.07) is 0. The average molecular weight is 269 g/mol. The van der Waals surface area contributed by atoms with Crippen LogP contribution in [0.3, 0.4) is 0 Å². The highest BCUT2D eigenvalue weighted by atomic mass is 16.4. The molecule has 0 aliphatic heterocycles. The number of hydrogen-bond acceptors (Lipinski definition) is 2. The van der Waals surface area contributed by atoms with E-state index in [-0.39, 0.29) is 0 Å². The SMILES string of the molecule is CCCC1CCCC(C(=O)O)(N(C=O)CCC)CC1. The van der Waals surface area contributed by atoms with Gasteiger partial charge in [0.25, 0.3) is 0 Å². The molecule has 1 N–H and O–H groups in total. The Morgan fingerprint density at radius 1 is 1.32 bits per heavy atom. The summed E-state index contributed by atoms with van der Waals surface area (Å²) >= 11 is 0. The van der Waals surface area contributed by atoms with Crippen molar-refractivity contribution in [2.24, 2.45) is 5.92 Å². The first-order chi connectivity index (χ1) is 9.10. The number of carboxylic acids is 1. The lowest BCUT2D eigenvalue weighted by atomic mass is 9.87. The maximum absolute atomic E-state index is 11.8. The molecule has 1 rings (SSSR count). The summed E-state index contributed by atoms with van der Waals surface area (Å²) in [4.78, 5) is 24.6. The molecule has 0 aromatic heterocycles. The number of rotatable bonds is 7. The monoisotopic (exact) mass is 269 g/mol. The van der Waals surface area contributed by atoms with Crippen LogP contribution in [0.15, 0.2) is 0 Å². The highest BCUT2D eigenvalue weighted by Gasteiger charge is 2.44. The second-order valence-electron chi connectivity index (χ2n) is 5.72. The lowest BCUT2D eigenvalue weighted by molar-refractivity contribution is -0.156. The molecular weight excluding hydrogens is 242 g/mol. The van der Waals surface area contributed by atoms with Crippen LogP contribution in [0.25, 0.3) is 0 Å². The van der Waals surface area contributed by atoms with Gasteiger partial charge in [-0.1, -0.05) is 39.5 Å². The van der Waals surface area contributed by atoms with Gasteiger partial charge in [0, 0.05) is 6.54 Å². The molecule has 0 aromatic carbocycles. The summed E-state index contributed by atoms with van der Waals surface area (Å²) in [6.45, 7) is 4.68. The van der Waals surface area contributed by atoms with Crippen molar-refractivity contribution in [3.05, 3.63) is 0 Å². The van der Waals surface area contributed by atoms with Gasteiger partial charge in [0.1, 0.15) is 5.54 Å². The third kappa shape index (κ3) is 3.71. The van der Waals surface area contributed by atoms with E-state index in [2.05, 4.69) is 6.92 Å². The van der Waals surface area contributed by atoms with Crippen LogP contribution in [0, 0.1) is 5.92 Å². The molecule has 1 aliphatic rings. The predicted molar refractivity (Wildman–Crippen MR) is 74.9 cm³/mol. The van der Waals surface area contributed by atoms with Crippen molar-refractivity contribution in [3.63, 3.8) is 0 Å². The van der Waals surface area contributed by atoms with Crippen LogP contribution in [-0.4, -0.2) is 34.5 Å². The highest BCUT2D eigenvalue weighted by molar-refractivity contribution is 5.81. The van der Waals surface area contributed by atoms with Crippen LogP contribution >= 0.6 is 0 Å². The number of carbonyl (C=O) groups excluding carboxylic acids is 1. The maximum Gasteiger partial charge on any atom is 0.329 e. The molecule has 2 atom stereocenters. The Morgan fingerprint density at radius 2 is 2.05 bits per heavy atom. The molecule has 0 aromatic rings. The molecule has 4 nitrogen and oxygen atoms in total. The molecule has 0 radical (unpaired) electrons. The summed E-state index contributed by atoms with van der Waals surface area (Å²) in [5.74, 6) is -0.202. The minimum Gasteiger partial charge on any atom is -0.479 e. The Labute approximate surface area is 116 Å². The van der Waals surface area contributed by atoms with Crippen molar-refractivity contribution in [2.45, 2.75) is 70.8 Å². The molecule has 0 bridgehead atoms. The van der Waals surface area contributed by atoms with E-state index in [1.54, 1.807) is 0 Å². The molecule has 0 heterocycles. The Bertz CT molecular complexity index is 306. The van der Waals surface area contributed by atoms with Gasteiger partial charge in [0.2, 0.25) is 6.41 Å². The van der Waals surface area contributed by atoms with E-state index in [0.29, 0.717) is 25.3 Å². The Hall–Kier alpha value is -1.06. The van der Waals surface area contributed by atoms with E-state index in [1.165, 1.54) is 11.3 Å². The number of carbonyl (C=O) groups is 2. The first kappa shape index (κ1) is 16.0. The highest BCUT2D eigenvalue weighted by Crippen LogP contribution is 2.36. The quantitative estimate of drug-likeness (QED) is 0.571. The fraction of sp³-hybridized carbons (Fsp3) is 0.867. The standard InChI is InChI=1S/C15H27NO3/c1-3-6-13-7-5-9-15(10-8-13,14(18)19)16(12-17)11-4-2/h12-13H,3-11H2,1-2H3,(H,18,19). The largest absolute Gasteiger partial charge is 0.479 e. The molecule has 1 saturated carbocycles. The van der Waals surface area contributed by atoms with Crippen LogP contribution in [-0.2, 0) is 9.59 Å². The fourth-order valence-electron chi connectivity index (χ4n) is 3.32. The van der Waals surface area contributed by atoms with E-state index in [4.69, 9.17) is 0 Å². The topological polar surface area (TPSA) is 57.6 Å². The van der Waals surface area contributed by atoms with Gasteiger partial charge in [-0.05, 0) is 31.6 Å². The minimum absolute atomic E-state index is 0.536. The van der Waals surface area contributed by atoms with Gasteiger partial charge in [-0.15, -0.1) is 0 Å². The van der Waals surface area contributed by atoms with Crippen molar-refractivity contribution >= 4 is 12.4 Å². The van der Waals surface area contributed by atoms with Gasteiger partial charge < -0.3 is 10.0 Å². The Kier molecular flexibility index (Phi) is 6.32. The minimum atomic E-state index is -0.958. The van der Waals surface area contributed by atoms with Gasteiger partial charge in [-0.3, -0.25) is 4.79 Å². The van der Waals surface area contributed by atoms with Crippen molar-refractivity contribution < 1.29 is 14.7 Å². The van der Waals surface area contributed by atoms with Crippen LogP contribution < -0.4 is 0 Å². The summed E-state index contributed by atoms with van der Waals surface area (Å²) < 4.78 is 0. The molecule has 2 unspecified atom stereocenters. The first-order valence-electron chi connectivity index (χ1n) is 7.56. The smallest absolute Gasteiger partial charge is 0.329 e. The summed E-state index contributed by atoms with van der Waals surface area (Å²) in [6.07, 6.45) is 7.99. The van der Waals surface area contributed by atoms with E-state index < -0.39 is 11.5 Å². The van der Waals surface area contributed by atoms with E-state index >= 15 is 0 Å². The third-order valence-electron chi connectivity index (χ3n) is 4.41. The molecular formula is C15H27NO3. The van der Waals surface area contributed by atoms with Crippen molar-refractivity contribution in [1.29, 1.82) is 0 Å². The lowest BCUT2D eigenvalue weighted by Gasteiger charge is -2.37.